The van der Waals surface area contributed by atoms with Gasteiger partial charge in [-0.3, -0.25) is 0 Å². The maximum Gasteiger partial charge on any atom is 0.0319 e. The van der Waals surface area contributed by atoms with Crippen molar-refractivity contribution in [3.8, 4) is 0 Å². The van der Waals surface area contributed by atoms with Crippen LogP contribution in [0.5, 0.6) is 0 Å². The second kappa shape index (κ2) is 96.6. The van der Waals surface area contributed by atoms with Crippen molar-refractivity contribution < 1.29 is 42.9 Å². The van der Waals surface area contributed by atoms with Crippen LogP contribution < -0.4 is 0 Å². The minimum Gasteiger partial charge on any atom is -0.400 e. The summed E-state index contributed by atoms with van der Waals surface area (Å²) in [6.07, 6.45) is 2.00. The number of hydrogen-bond donors (Lipinski definition) is 2. The first-order chi connectivity index (χ1) is 3.41. The molecule has 3 heteroatoms. The summed E-state index contributed by atoms with van der Waals surface area (Å²) < 4.78 is 0. The quantitative estimate of drug-likeness (QED) is 0.552. The molecule has 0 fully saturated rings. The summed E-state index contributed by atoms with van der Waals surface area (Å²) in [7, 11) is 2.00. The van der Waals surface area contributed by atoms with Crippen molar-refractivity contribution in [3.63, 3.8) is 0 Å². The van der Waals surface area contributed by atoms with Gasteiger partial charge in [-0.05, 0) is 0 Å². The van der Waals surface area contributed by atoms with Crippen LogP contribution in [-0.2, 0) is 32.7 Å². The van der Waals surface area contributed by atoms with Gasteiger partial charge in [0.1, 0.15) is 0 Å². The van der Waals surface area contributed by atoms with Crippen molar-refractivity contribution in [2.24, 2.45) is 0 Å². The standard InChI is InChI=1S/C3H7.2CH4O.Y/c1-3-2;2*1-2;/h3H,1-2H3;2*2H,1H3;/q-1;;;. The molecule has 0 unspecified atom stereocenters. The zero-order valence-corrected chi connectivity index (χ0v) is 8.89. The molecule has 0 amide bonds. The summed E-state index contributed by atoms with van der Waals surface area (Å²) >= 11 is 0. The first-order valence-electron chi connectivity index (χ1n) is 2.05. The molecule has 0 spiro atoms. The third-order valence-electron chi connectivity index (χ3n) is 0. The Hall–Kier alpha value is 1.02. The van der Waals surface area contributed by atoms with E-state index in [0.717, 1.165) is 14.2 Å². The maximum atomic E-state index is 7.00. The van der Waals surface area contributed by atoms with Crippen molar-refractivity contribution in [1.82, 2.24) is 0 Å². The molecule has 2 N–H and O–H groups in total. The number of rotatable bonds is 0. The molecule has 0 aromatic heterocycles. The normalized spacial score (nSPS) is 3.75. The Kier molecular flexibility index (Phi) is 278. The molecule has 1 radical (unpaired) electrons. The van der Waals surface area contributed by atoms with Gasteiger partial charge in [-0.15, -0.1) is 0 Å². The molecule has 0 aromatic rings. The first kappa shape index (κ1) is 23.0. The van der Waals surface area contributed by atoms with E-state index in [9.17, 15) is 0 Å². The molecule has 0 aliphatic carbocycles. The molecule has 0 aromatic carbocycles. The second-order valence-corrected chi connectivity index (χ2v) is 0.577. The maximum absolute atomic E-state index is 7.00. The van der Waals surface area contributed by atoms with E-state index in [0.29, 0.717) is 0 Å². The molecule has 0 rings (SSSR count). The van der Waals surface area contributed by atoms with Crippen molar-refractivity contribution in [1.29, 1.82) is 0 Å². The van der Waals surface area contributed by atoms with Crippen molar-refractivity contribution >= 4 is 0 Å². The van der Waals surface area contributed by atoms with Crippen LogP contribution in [0.4, 0.5) is 0 Å². The Labute approximate surface area is 77.2 Å². The molecule has 8 heavy (non-hydrogen) atoms. The predicted molar refractivity (Wildman–Crippen MR) is 31.9 cm³/mol. The van der Waals surface area contributed by atoms with Gasteiger partial charge in [-0.1, -0.05) is 0 Å². The Bertz CT molecular complexity index is 10.4. The molecule has 0 aliphatic heterocycles. The van der Waals surface area contributed by atoms with Crippen molar-refractivity contribution in [2.45, 2.75) is 13.8 Å². The molecular formula is C5H15O2Y-. The summed E-state index contributed by atoms with van der Waals surface area (Å²) in [6, 6.07) is 0. The van der Waals surface area contributed by atoms with E-state index in [1.807, 2.05) is 20.3 Å². The average Bonchev–Trinajstić information content (AvgIpc) is 1.78. The van der Waals surface area contributed by atoms with Crippen LogP contribution in [0, 0.1) is 6.42 Å². The van der Waals surface area contributed by atoms with Gasteiger partial charge >= 0.3 is 0 Å². The van der Waals surface area contributed by atoms with Gasteiger partial charge in [-0.25, -0.2) is 0 Å². The largest absolute Gasteiger partial charge is 0.400 e. The molecular weight excluding hydrogens is 181 g/mol. The summed E-state index contributed by atoms with van der Waals surface area (Å²) in [5.74, 6) is 0. The Morgan fingerprint density at radius 3 is 0.875 bits per heavy atom. The zero-order valence-electron chi connectivity index (χ0n) is 6.05. The molecule has 0 bridgehead atoms. The van der Waals surface area contributed by atoms with Gasteiger partial charge in [0.05, 0.1) is 0 Å². The van der Waals surface area contributed by atoms with E-state index in [2.05, 4.69) is 0 Å². The SMILES string of the molecule is CO.CO.C[CH-]C.[Y]. The fraction of sp³-hybridized carbons (Fsp3) is 0.800. The topological polar surface area (TPSA) is 40.5 Å². The van der Waals surface area contributed by atoms with Crippen LogP contribution >= 0.6 is 0 Å². The van der Waals surface area contributed by atoms with Gasteiger partial charge in [0, 0.05) is 46.9 Å². The molecule has 2 nitrogen and oxygen atoms in total. The molecule has 0 heterocycles. The summed E-state index contributed by atoms with van der Waals surface area (Å²) in [5.41, 5.74) is 0. The first-order valence-corrected chi connectivity index (χ1v) is 2.05. The number of hydrogen-bond acceptors (Lipinski definition) is 2. The minimum absolute atomic E-state index is 0. The van der Waals surface area contributed by atoms with E-state index in [-0.39, 0.29) is 32.7 Å². The molecule has 0 saturated heterocycles. The van der Waals surface area contributed by atoms with Gasteiger partial charge in [0.25, 0.3) is 0 Å². The third kappa shape index (κ3) is 243. The van der Waals surface area contributed by atoms with Crippen LogP contribution in [0.2, 0.25) is 0 Å². The van der Waals surface area contributed by atoms with Crippen LogP contribution in [0.15, 0.2) is 0 Å². The van der Waals surface area contributed by atoms with Crippen LogP contribution in [0.3, 0.4) is 0 Å². The van der Waals surface area contributed by atoms with E-state index < -0.39 is 0 Å². The fourth-order valence-corrected chi connectivity index (χ4v) is 0. The van der Waals surface area contributed by atoms with Crippen LogP contribution in [0.25, 0.3) is 0 Å². The average molecular weight is 196 g/mol. The molecule has 0 saturated carbocycles. The number of aliphatic hydroxyl groups is 2. The smallest absolute Gasteiger partial charge is 0.0319 e. The Balaban J connectivity index is -0.0000000147. The second-order valence-electron chi connectivity index (χ2n) is 0.577. The zero-order chi connectivity index (χ0) is 6.71. The van der Waals surface area contributed by atoms with Gasteiger partial charge in [0.2, 0.25) is 0 Å². The monoisotopic (exact) mass is 196 g/mol. The van der Waals surface area contributed by atoms with Gasteiger partial charge in [0.15, 0.2) is 0 Å². The van der Waals surface area contributed by atoms with E-state index in [4.69, 9.17) is 10.2 Å². The third-order valence-corrected chi connectivity index (χ3v) is 0. The van der Waals surface area contributed by atoms with E-state index in [1.54, 1.807) is 0 Å². The van der Waals surface area contributed by atoms with E-state index >= 15 is 0 Å². The summed E-state index contributed by atoms with van der Waals surface area (Å²) in [6.45, 7) is 4.00. The molecule has 0 atom stereocenters. The molecule has 0 aliphatic rings. The van der Waals surface area contributed by atoms with Gasteiger partial charge < -0.3 is 16.6 Å². The van der Waals surface area contributed by atoms with Gasteiger partial charge in [-0.2, -0.15) is 13.8 Å². The van der Waals surface area contributed by atoms with Crippen molar-refractivity contribution in [3.05, 3.63) is 6.42 Å². The fourth-order valence-electron chi connectivity index (χ4n) is 0. The van der Waals surface area contributed by atoms with Crippen LogP contribution in [0.1, 0.15) is 13.8 Å². The predicted octanol–water partition coefficient (Wildman–Crippen LogP) is 0.445. The van der Waals surface area contributed by atoms with E-state index in [1.165, 1.54) is 0 Å². The van der Waals surface area contributed by atoms with Crippen molar-refractivity contribution in [2.75, 3.05) is 14.2 Å². The minimum atomic E-state index is 0. The summed E-state index contributed by atoms with van der Waals surface area (Å²) in [5, 5.41) is 14.0. The Morgan fingerprint density at radius 2 is 0.875 bits per heavy atom. The molecule has 51 valence electrons. The summed E-state index contributed by atoms with van der Waals surface area (Å²) in [4.78, 5) is 0. The number of aliphatic hydroxyl groups excluding tert-OH is 2. The van der Waals surface area contributed by atoms with Crippen LogP contribution in [-0.4, -0.2) is 24.4 Å². The Morgan fingerprint density at radius 1 is 0.875 bits per heavy atom.